The van der Waals surface area contributed by atoms with E-state index in [9.17, 15) is 5.26 Å². The number of hydrogen-bond acceptors (Lipinski definition) is 2. The fraction of sp³-hybridized carbons (Fsp3) is 0.0263. The molecule has 0 aliphatic heterocycles. The van der Waals surface area contributed by atoms with Crippen LogP contribution in [0.4, 0.5) is 0 Å². The minimum absolute atomic E-state index is 0.711. The molecular weight excluding hydrogens is 502 g/mol. The molecule has 1 aromatic heterocycles. The summed E-state index contributed by atoms with van der Waals surface area (Å²) in [6.07, 6.45) is 0.955. The summed E-state index contributed by atoms with van der Waals surface area (Å²) in [6, 6.07) is 48.0. The second kappa shape index (κ2) is 9.06. The molecule has 1 aliphatic carbocycles. The van der Waals surface area contributed by atoms with Crippen LogP contribution in [-0.2, 0) is 6.42 Å². The molecule has 1 aliphatic rings. The molecule has 1 nitrogen and oxygen atoms in total. The summed E-state index contributed by atoms with van der Waals surface area (Å²) in [5, 5.41) is 13.1. The number of nitriles is 1. The van der Waals surface area contributed by atoms with Crippen LogP contribution in [-0.4, -0.2) is 0 Å². The zero-order chi connectivity index (χ0) is 26.6. The summed E-state index contributed by atoms with van der Waals surface area (Å²) in [5.41, 5.74) is 12.5. The topological polar surface area (TPSA) is 23.8 Å². The van der Waals surface area contributed by atoms with Crippen LogP contribution < -0.4 is 0 Å². The Morgan fingerprint density at radius 3 is 2.08 bits per heavy atom. The standard InChI is InChI=1S/C38H23NS/c39-23-35-33(24-9-2-1-3-10-24)20-28(30-15-8-12-27-19-25-11-4-5-13-29(25)38(27)30)21-34(35)26-17-18-32-31-14-6-7-16-36(31)40-37(32)22-26/h1-18,20-22H,19H2. The zero-order valence-corrected chi connectivity index (χ0v) is 22.5. The van der Waals surface area contributed by atoms with Gasteiger partial charge in [-0.15, -0.1) is 11.3 Å². The van der Waals surface area contributed by atoms with Gasteiger partial charge >= 0.3 is 0 Å². The van der Waals surface area contributed by atoms with Crippen molar-refractivity contribution >= 4 is 31.5 Å². The lowest BCUT2D eigenvalue weighted by molar-refractivity contribution is 1.26. The van der Waals surface area contributed by atoms with E-state index >= 15 is 0 Å². The normalized spacial score (nSPS) is 11.9. The van der Waals surface area contributed by atoms with Crippen molar-refractivity contribution in [1.29, 1.82) is 5.26 Å². The Morgan fingerprint density at radius 2 is 1.20 bits per heavy atom. The summed E-state index contributed by atoms with van der Waals surface area (Å²) >= 11 is 1.81. The maximum Gasteiger partial charge on any atom is 0.100 e. The highest BCUT2D eigenvalue weighted by Crippen LogP contribution is 2.46. The summed E-state index contributed by atoms with van der Waals surface area (Å²) in [5.74, 6) is 0. The van der Waals surface area contributed by atoms with Crippen LogP contribution in [0.15, 0.2) is 127 Å². The Hall–Kier alpha value is -4.97. The third-order valence-electron chi connectivity index (χ3n) is 8.15. The monoisotopic (exact) mass is 525 g/mol. The first kappa shape index (κ1) is 23.0. The second-order valence-electron chi connectivity index (χ2n) is 10.4. The molecule has 0 fully saturated rings. The first-order valence-corrected chi connectivity index (χ1v) is 14.4. The largest absolute Gasteiger partial charge is 0.192 e. The Morgan fingerprint density at radius 1 is 0.500 bits per heavy atom. The molecule has 2 heteroatoms. The van der Waals surface area contributed by atoms with Gasteiger partial charge < -0.3 is 0 Å². The summed E-state index contributed by atoms with van der Waals surface area (Å²) in [7, 11) is 0. The lowest BCUT2D eigenvalue weighted by Crippen LogP contribution is -1.94. The molecule has 0 unspecified atom stereocenters. The van der Waals surface area contributed by atoms with Crippen molar-refractivity contribution in [1.82, 2.24) is 0 Å². The van der Waals surface area contributed by atoms with Crippen LogP contribution >= 0.6 is 11.3 Å². The predicted octanol–water partition coefficient (Wildman–Crippen LogP) is 10.5. The van der Waals surface area contributed by atoms with E-state index in [1.165, 1.54) is 48.0 Å². The van der Waals surface area contributed by atoms with E-state index in [1.807, 2.05) is 29.5 Å². The van der Waals surface area contributed by atoms with Crippen molar-refractivity contribution < 1.29 is 0 Å². The van der Waals surface area contributed by atoms with Crippen LogP contribution in [0.2, 0.25) is 0 Å². The molecule has 0 N–H and O–H groups in total. The van der Waals surface area contributed by atoms with Crippen molar-refractivity contribution in [2.45, 2.75) is 6.42 Å². The average Bonchev–Trinajstić information content (AvgIpc) is 3.58. The van der Waals surface area contributed by atoms with E-state index in [4.69, 9.17) is 0 Å². The molecule has 0 amide bonds. The van der Waals surface area contributed by atoms with Gasteiger partial charge in [0.05, 0.1) is 5.56 Å². The van der Waals surface area contributed by atoms with Gasteiger partial charge in [0.15, 0.2) is 0 Å². The molecule has 186 valence electrons. The minimum atomic E-state index is 0.711. The van der Waals surface area contributed by atoms with Crippen LogP contribution in [0.1, 0.15) is 16.7 Å². The van der Waals surface area contributed by atoms with E-state index in [-0.39, 0.29) is 0 Å². The van der Waals surface area contributed by atoms with Gasteiger partial charge in [-0.2, -0.15) is 5.26 Å². The lowest BCUT2D eigenvalue weighted by Gasteiger charge is -2.17. The van der Waals surface area contributed by atoms with Crippen molar-refractivity contribution in [2.24, 2.45) is 0 Å². The minimum Gasteiger partial charge on any atom is -0.192 e. The smallest absolute Gasteiger partial charge is 0.100 e. The molecule has 0 radical (unpaired) electrons. The number of fused-ring (bicyclic) bond motifs is 6. The molecular formula is C38H23NS. The van der Waals surface area contributed by atoms with Gasteiger partial charge in [-0.3, -0.25) is 0 Å². The number of rotatable bonds is 3. The first-order valence-electron chi connectivity index (χ1n) is 13.5. The van der Waals surface area contributed by atoms with Crippen LogP contribution in [0.3, 0.4) is 0 Å². The van der Waals surface area contributed by atoms with Crippen molar-refractivity contribution in [2.75, 3.05) is 0 Å². The van der Waals surface area contributed by atoms with Crippen molar-refractivity contribution in [3.05, 3.63) is 144 Å². The first-order chi connectivity index (χ1) is 19.8. The van der Waals surface area contributed by atoms with Crippen molar-refractivity contribution in [3.8, 4) is 50.6 Å². The Bertz CT molecular complexity index is 2140. The van der Waals surface area contributed by atoms with E-state index in [0.717, 1.165) is 34.2 Å². The van der Waals surface area contributed by atoms with E-state index < -0.39 is 0 Å². The Balaban J connectivity index is 1.41. The quantitative estimate of drug-likeness (QED) is 0.225. The van der Waals surface area contributed by atoms with Gasteiger partial charge in [-0.25, -0.2) is 0 Å². The van der Waals surface area contributed by atoms with Gasteiger partial charge in [0.2, 0.25) is 0 Å². The van der Waals surface area contributed by atoms with E-state index in [2.05, 4.69) is 115 Å². The zero-order valence-electron chi connectivity index (χ0n) is 21.7. The molecule has 7 aromatic rings. The van der Waals surface area contributed by atoms with Gasteiger partial charge in [-0.05, 0) is 75.2 Å². The molecule has 6 aromatic carbocycles. The van der Waals surface area contributed by atoms with E-state index in [0.29, 0.717) is 5.56 Å². The Kier molecular flexibility index (Phi) is 5.20. The summed E-state index contributed by atoms with van der Waals surface area (Å²) < 4.78 is 2.52. The van der Waals surface area contributed by atoms with Crippen LogP contribution in [0.25, 0.3) is 64.7 Å². The third kappa shape index (κ3) is 3.53. The van der Waals surface area contributed by atoms with Gasteiger partial charge in [0, 0.05) is 31.3 Å². The second-order valence-corrected chi connectivity index (χ2v) is 11.5. The molecule has 40 heavy (non-hydrogen) atoms. The molecule has 0 atom stereocenters. The SMILES string of the molecule is N#Cc1c(-c2ccccc2)cc(-c2cccc3c2-c2ccccc2C3)cc1-c1ccc2c(c1)sc1ccccc12. The van der Waals surface area contributed by atoms with Crippen LogP contribution in [0.5, 0.6) is 0 Å². The molecule has 0 spiro atoms. The van der Waals surface area contributed by atoms with Gasteiger partial charge in [-0.1, -0.05) is 103 Å². The molecule has 0 saturated heterocycles. The number of thiophene rings is 1. The maximum atomic E-state index is 10.5. The summed E-state index contributed by atoms with van der Waals surface area (Å²) in [4.78, 5) is 0. The third-order valence-corrected chi connectivity index (χ3v) is 9.29. The molecule has 0 bridgehead atoms. The number of benzene rings is 6. The van der Waals surface area contributed by atoms with E-state index in [1.54, 1.807) is 0 Å². The highest BCUT2D eigenvalue weighted by molar-refractivity contribution is 7.25. The van der Waals surface area contributed by atoms with Crippen molar-refractivity contribution in [3.63, 3.8) is 0 Å². The fourth-order valence-electron chi connectivity index (χ4n) is 6.31. The molecule has 0 saturated carbocycles. The summed E-state index contributed by atoms with van der Waals surface area (Å²) in [6.45, 7) is 0. The van der Waals surface area contributed by atoms with Gasteiger partial charge in [0.25, 0.3) is 0 Å². The van der Waals surface area contributed by atoms with Gasteiger partial charge in [0.1, 0.15) is 6.07 Å². The lowest BCUT2D eigenvalue weighted by atomic mass is 9.86. The molecule has 1 heterocycles. The highest BCUT2D eigenvalue weighted by atomic mass is 32.1. The number of nitrogens with zero attached hydrogens (tertiary/aromatic N) is 1. The predicted molar refractivity (Wildman–Crippen MR) is 169 cm³/mol. The molecule has 8 rings (SSSR count). The number of hydrogen-bond donors (Lipinski definition) is 0. The highest BCUT2D eigenvalue weighted by Gasteiger charge is 2.23. The fourth-order valence-corrected chi connectivity index (χ4v) is 7.46. The average molecular weight is 526 g/mol. The van der Waals surface area contributed by atoms with Crippen LogP contribution in [0, 0.1) is 11.3 Å². The maximum absolute atomic E-state index is 10.5. The Labute approximate surface area is 237 Å².